The van der Waals surface area contributed by atoms with Gasteiger partial charge in [-0.25, -0.2) is 9.78 Å². The molecule has 1 N–H and O–H groups in total. The van der Waals surface area contributed by atoms with Gasteiger partial charge in [0.2, 0.25) is 5.91 Å². The van der Waals surface area contributed by atoms with Crippen molar-refractivity contribution in [2.45, 2.75) is 12.3 Å². The molecule has 27 heavy (non-hydrogen) atoms. The van der Waals surface area contributed by atoms with Gasteiger partial charge in [-0.15, -0.1) is 0 Å². The van der Waals surface area contributed by atoms with Crippen LogP contribution in [0, 0.1) is 0 Å². The van der Waals surface area contributed by atoms with E-state index in [0.717, 1.165) is 22.3 Å². The molecule has 1 saturated heterocycles. The molecule has 0 aliphatic carbocycles. The van der Waals surface area contributed by atoms with Gasteiger partial charge in [0.05, 0.1) is 23.3 Å². The van der Waals surface area contributed by atoms with E-state index in [1.54, 1.807) is 11.1 Å². The van der Waals surface area contributed by atoms with Gasteiger partial charge in [-0.2, -0.15) is 0 Å². The number of hydrogen-bond acceptors (Lipinski definition) is 5. The number of carbonyl (C=O) groups is 2. The van der Waals surface area contributed by atoms with Crippen LogP contribution in [0.3, 0.4) is 0 Å². The van der Waals surface area contributed by atoms with Crippen molar-refractivity contribution in [2.24, 2.45) is 0 Å². The third-order valence-electron chi connectivity index (χ3n) is 4.97. The van der Waals surface area contributed by atoms with Crippen LogP contribution in [0.25, 0.3) is 11.0 Å². The zero-order chi connectivity index (χ0) is 18.4. The summed E-state index contributed by atoms with van der Waals surface area (Å²) in [5.74, 6) is -0.256. The van der Waals surface area contributed by atoms with E-state index in [1.807, 2.05) is 42.5 Å². The summed E-state index contributed by atoms with van der Waals surface area (Å²) in [6, 6.07) is 13.3. The molecule has 134 valence electrons. The number of hydrogen-bond donors (Lipinski definition) is 1. The predicted molar refractivity (Wildman–Crippen MR) is 99.8 cm³/mol. The Labute approximate surface area is 155 Å². The third-order valence-corrected chi connectivity index (χ3v) is 4.97. The molecule has 0 unspecified atom stereocenters. The van der Waals surface area contributed by atoms with Gasteiger partial charge >= 0.3 is 6.09 Å². The Morgan fingerprint density at radius 3 is 2.78 bits per heavy atom. The summed E-state index contributed by atoms with van der Waals surface area (Å²) < 4.78 is 5.00. The van der Waals surface area contributed by atoms with E-state index >= 15 is 0 Å². The number of anilines is 2. The molecule has 2 amide bonds. The van der Waals surface area contributed by atoms with Crippen molar-refractivity contribution in [3.05, 3.63) is 59.9 Å². The number of nitrogens with zero attached hydrogens (tertiary/aromatic N) is 3. The first kappa shape index (κ1) is 15.7. The van der Waals surface area contributed by atoms with Crippen molar-refractivity contribution in [1.29, 1.82) is 0 Å². The molecular weight excluding hydrogens is 344 g/mol. The Balaban J connectivity index is 1.57. The number of aromatic nitrogens is 2. The lowest BCUT2D eigenvalue weighted by molar-refractivity contribution is -0.116. The number of rotatable bonds is 2. The van der Waals surface area contributed by atoms with Crippen LogP contribution in [-0.2, 0) is 9.53 Å². The van der Waals surface area contributed by atoms with E-state index in [0.29, 0.717) is 30.9 Å². The van der Waals surface area contributed by atoms with Gasteiger partial charge in [-0.05, 0) is 29.8 Å². The summed E-state index contributed by atoms with van der Waals surface area (Å²) in [6.07, 6.45) is 1.68. The van der Waals surface area contributed by atoms with E-state index in [1.165, 1.54) is 0 Å². The molecule has 3 aromatic rings. The second kappa shape index (κ2) is 6.05. The van der Waals surface area contributed by atoms with Crippen LogP contribution >= 0.6 is 0 Å². The molecule has 1 fully saturated rings. The highest BCUT2D eigenvalue weighted by atomic mass is 16.6. The molecular formula is C20H16N4O3. The van der Waals surface area contributed by atoms with E-state index in [-0.39, 0.29) is 17.9 Å². The summed E-state index contributed by atoms with van der Waals surface area (Å²) in [4.78, 5) is 34.9. The summed E-state index contributed by atoms with van der Waals surface area (Å²) in [5, 5.41) is 2.91. The molecule has 0 spiro atoms. The first-order valence-electron chi connectivity index (χ1n) is 8.79. The normalized spacial score (nSPS) is 19.0. The van der Waals surface area contributed by atoms with E-state index in [9.17, 15) is 9.59 Å². The van der Waals surface area contributed by atoms with Crippen LogP contribution in [0.4, 0.5) is 16.2 Å². The van der Waals surface area contributed by atoms with Crippen LogP contribution in [-0.4, -0.2) is 35.1 Å². The topological polar surface area (TPSA) is 84.4 Å². The van der Waals surface area contributed by atoms with Crippen LogP contribution in [0.1, 0.15) is 23.6 Å². The average molecular weight is 360 g/mol. The molecule has 3 heterocycles. The number of ether oxygens (including phenoxy) is 1. The number of carbonyl (C=O) groups excluding carboxylic acids is 2. The molecule has 2 aliphatic heterocycles. The minimum absolute atomic E-state index is 0.0800. The molecule has 7 heteroatoms. The minimum Gasteiger partial charge on any atom is -0.447 e. The smallest absolute Gasteiger partial charge is 0.414 e. The van der Waals surface area contributed by atoms with E-state index in [4.69, 9.17) is 9.72 Å². The van der Waals surface area contributed by atoms with E-state index in [2.05, 4.69) is 10.3 Å². The maximum atomic E-state index is 12.3. The van der Waals surface area contributed by atoms with Crippen molar-refractivity contribution in [3.63, 3.8) is 0 Å². The molecule has 0 bridgehead atoms. The van der Waals surface area contributed by atoms with Gasteiger partial charge < -0.3 is 10.1 Å². The molecule has 2 aromatic carbocycles. The van der Waals surface area contributed by atoms with Crippen molar-refractivity contribution in [1.82, 2.24) is 9.97 Å². The fourth-order valence-electron chi connectivity index (χ4n) is 3.65. The first-order valence-corrected chi connectivity index (χ1v) is 8.79. The monoisotopic (exact) mass is 360 g/mol. The van der Waals surface area contributed by atoms with E-state index < -0.39 is 0 Å². The number of cyclic esters (lactones) is 1. The Hall–Kier alpha value is -3.48. The predicted octanol–water partition coefficient (Wildman–Crippen LogP) is 3.06. The average Bonchev–Trinajstić information content (AvgIpc) is 3.12. The standard InChI is InChI=1S/C20H16N4O3/c25-19-10-14(18-11-21-15-3-1-2-4-16(15)22-18)13-6-5-12(9-17(13)23-19)24-7-8-27-20(24)26/h1-6,9,11,14H,7-8,10H2,(H,23,25)/t14-/m1/s1. The number of para-hydroxylation sites is 2. The highest BCUT2D eigenvalue weighted by Gasteiger charge is 2.30. The summed E-state index contributed by atoms with van der Waals surface area (Å²) in [6.45, 7) is 0.878. The Morgan fingerprint density at radius 1 is 1.11 bits per heavy atom. The fourth-order valence-corrected chi connectivity index (χ4v) is 3.65. The quantitative estimate of drug-likeness (QED) is 0.759. The van der Waals surface area contributed by atoms with Crippen molar-refractivity contribution >= 4 is 34.4 Å². The second-order valence-electron chi connectivity index (χ2n) is 6.63. The van der Waals surface area contributed by atoms with Crippen molar-refractivity contribution in [2.75, 3.05) is 23.4 Å². The number of benzene rings is 2. The highest BCUT2D eigenvalue weighted by molar-refractivity contribution is 5.97. The van der Waals surface area contributed by atoms with Crippen LogP contribution < -0.4 is 10.2 Å². The first-order chi connectivity index (χ1) is 13.2. The minimum atomic E-state index is -0.367. The lowest BCUT2D eigenvalue weighted by atomic mass is 9.87. The SMILES string of the molecule is O=C1C[C@@H](c2cnc3ccccc3n2)c2ccc(N3CCOC3=O)cc2N1. The molecule has 1 atom stereocenters. The van der Waals surface area contributed by atoms with Crippen LogP contribution in [0.2, 0.25) is 0 Å². The van der Waals surface area contributed by atoms with Gasteiger partial charge in [-0.3, -0.25) is 14.7 Å². The lowest BCUT2D eigenvalue weighted by Gasteiger charge is -2.26. The lowest BCUT2D eigenvalue weighted by Crippen LogP contribution is -2.26. The zero-order valence-electron chi connectivity index (χ0n) is 14.4. The number of nitrogens with one attached hydrogen (secondary N) is 1. The molecule has 2 aliphatic rings. The largest absolute Gasteiger partial charge is 0.447 e. The van der Waals surface area contributed by atoms with Gasteiger partial charge in [-0.1, -0.05) is 18.2 Å². The Kier molecular flexibility index (Phi) is 3.53. The molecule has 1 aromatic heterocycles. The second-order valence-corrected chi connectivity index (χ2v) is 6.63. The summed E-state index contributed by atoms with van der Waals surface area (Å²) in [5.41, 5.74) is 4.77. The highest BCUT2D eigenvalue weighted by Crippen LogP contribution is 2.38. The number of fused-ring (bicyclic) bond motifs is 2. The maximum Gasteiger partial charge on any atom is 0.414 e. The number of amides is 2. The Morgan fingerprint density at radius 2 is 1.96 bits per heavy atom. The molecule has 7 nitrogen and oxygen atoms in total. The Bertz CT molecular complexity index is 1080. The van der Waals surface area contributed by atoms with Crippen molar-refractivity contribution in [3.8, 4) is 0 Å². The maximum absolute atomic E-state index is 12.3. The third kappa shape index (κ3) is 2.68. The molecule has 0 radical (unpaired) electrons. The van der Waals surface area contributed by atoms with Crippen molar-refractivity contribution < 1.29 is 14.3 Å². The fraction of sp³-hybridized carbons (Fsp3) is 0.200. The molecule has 5 rings (SSSR count). The summed E-state index contributed by atoms with van der Waals surface area (Å²) >= 11 is 0. The van der Waals surface area contributed by atoms with Gasteiger partial charge in [0.25, 0.3) is 0 Å². The van der Waals surface area contributed by atoms with Crippen LogP contribution in [0.15, 0.2) is 48.7 Å². The zero-order valence-corrected chi connectivity index (χ0v) is 14.4. The summed E-state index contributed by atoms with van der Waals surface area (Å²) in [7, 11) is 0. The van der Waals surface area contributed by atoms with Gasteiger partial charge in [0.15, 0.2) is 0 Å². The molecule has 0 saturated carbocycles. The van der Waals surface area contributed by atoms with Crippen LogP contribution in [0.5, 0.6) is 0 Å². The van der Waals surface area contributed by atoms with Gasteiger partial charge in [0, 0.05) is 29.9 Å². The van der Waals surface area contributed by atoms with Gasteiger partial charge in [0.1, 0.15) is 6.61 Å².